The molecule has 0 aromatic carbocycles. The first-order valence-corrected chi connectivity index (χ1v) is 4.71. The van der Waals surface area contributed by atoms with Crippen LogP contribution in [0, 0.1) is 18.7 Å². The number of anilines is 1. The van der Waals surface area contributed by atoms with Gasteiger partial charge in [0.2, 0.25) is 5.95 Å². The maximum Gasteiger partial charge on any atom is 0.260 e. The van der Waals surface area contributed by atoms with E-state index in [9.17, 15) is 13.6 Å². The number of aromatic nitrogens is 3. The Morgan fingerprint density at radius 2 is 2.24 bits per heavy atom. The molecule has 0 spiro atoms. The third-order valence-corrected chi connectivity index (χ3v) is 2.16. The van der Waals surface area contributed by atoms with E-state index in [4.69, 9.17) is 0 Å². The second-order valence-electron chi connectivity index (χ2n) is 3.35. The predicted molar refractivity (Wildman–Crippen MR) is 55.4 cm³/mol. The Labute approximate surface area is 94.9 Å². The second kappa shape index (κ2) is 4.28. The summed E-state index contributed by atoms with van der Waals surface area (Å²) in [5, 5.41) is 8.60. The Hall–Kier alpha value is -2.31. The van der Waals surface area contributed by atoms with Gasteiger partial charge in [-0.2, -0.15) is 9.49 Å². The lowest BCUT2D eigenvalue weighted by Gasteiger charge is -2.04. The zero-order chi connectivity index (χ0) is 12.4. The maximum atomic E-state index is 13.3. The van der Waals surface area contributed by atoms with Gasteiger partial charge in [-0.3, -0.25) is 9.89 Å². The molecule has 0 saturated heterocycles. The number of pyridine rings is 1. The highest BCUT2D eigenvalue weighted by Crippen LogP contribution is 2.13. The van der Waals surface area contributed by atoms with Gasteiger partial charge in [-0.05, 0) is 13.0 Å². The molecule has 17 heavy (non-hydrogen) atoms. The first-order chi connectivity index (χ1) is 8.09. The third kappa shape index (κ3) is 2.12. The van der Waals surface area contributed by atoms with E-state index in [1.807, 2.05) is 0 Å². The summed E-state index contributed by atoms with van der Waals surface area (Å²) in [5.41, 5.74) is 0.278. The lowest BCUT2D eigenvalue weighted by molar-refractivity contribution is 0.102. The molecule has 2 aromatic rings. The van der Waals surface area contributed by atoms with Crippen LogP contribution >= 0.6 is 0 Å². The van der Waals surface area contributed by atoms with E-state index in [-0.39, 0.29) is 0 Å². The van der Waals surface area contributed by atoms with Crippen LogP contribution in [0.1, 0.15) is 15.9 Å². The summed E-state index contributed by atoms with van der Waals surface area (Å²) in [6.07, 6.45) is 2.52. The molecule has 88 valence electrons. The van der Waals surface area contributed by atoms with E-state index in [1.165, 1.54) is 6.20 Å². The van der Waals surface area contributed by atoms with Crippen LogP contribution in [-0.4, -0.2) is 21.1 Å². The second-order valence-corrected chi connectivity index (χ2v) is 3.35. The first-order valence-electron chi connectivity index (χ1n) is 4.71. The molecular weight excluding hydrogens is 230 g/mol. The Kier molecular flexibility index (Phi) is 2.82. The molecule has 2 rings (SSSR count). The van der Waals surface area contributed by atoms with Crippen LogP contribution in [-0.2, 0) is 0 Å². The lowest BCUT2D eigenvalue weighted by Crippen LogP contribution is -2.15. The molecular formula is C10H8F2N4O. The number of nitrogens with zero attached hydrogens (tertiary/aromatic N) is 2. The van der Waals surface area contributed by atoms with Gasteiger partial charge >= 0.3 is 0 Å². The molecule has 0 unspecified atom stereocenters. The van der Waals surface area contributed by atoms with E-state index in [1.54, 1.807) is 6.92 Å². The number of nitrogens with one attached hydrogen (secondary N) is 2. The van der Waals surface area contributed by atoms with Gasteiger partial charge in [0.25, 0.3) is 5.91 Å². The quantitative estimate of drug-likeness (QED) is 0.781. The molecule has 0 atom stereocenters. The highest BCUT2D eigenvalue weighted by Gasteiger charge is 2.17. The van der Waals surface area contributed by atoms with Crippen LogP contribution in [0.25, 0.3) is 0 Å². The van der Waals surface area contributed by atoms with Crippen molar-refractivity contribution in [1.82, 2.24) is 15.2 Å². The summed E-state index contributed by atoms with van der Waals surface area (Å²) in [4.78, 5) is 14.7. The maximum absolute atomic E-state index is 13.3. The average molecular weight is 238 g/mol. The zero-order valence-electron chi connectivity index (χ0n) is 8.79. The van der Waals surface area contributed by atoms with Gasteiger partial charge < -0.3 is 5.32 Å². The monoisotopic (exact) mass is 238 g/mol. The number of rotatable bonds is 2. The molecule has 2 N–H and O–H groups in total. The zero-order valence-corrected chi connectivity index (χ0v) is 8.79. The minimum atomic E-state index is -1.31. The van der Waals surface area contributed by atoms with Gasteiger partial charge in [0.1, 0.15) is 5.82 Å². The molecule has 0 aliphatic carbocycles. The highest BCUT2D eigenvalue weighted by molar-refractivity contribution is 6.04. The van der Waals surface area contributed by atoms with Crippen LogP contribution in [0.5, 0.6) is 0 Å². The summed E-state index contributed by atoms with van der Waals surface area (Å²) in [7, 11) is 0. The fraction of sp³-hybridized carbons (Fsp3) is 0.100. The van der Waals surface area contributed by atoms with E-state index >= 15 is 0 Å². The van der Waals surface area contributed by atoms with Gasteiger partial charge in [-0.1, -0.05) is 0 Å². The number of hydrogen-bond acceptors (Lipinski definition) is 3. The van der Waals surface area contributed by atoms with Crippen molar-refractivity contribution in [2.75, 3.05) is 5.32 Å². The van der Waals surface area contributed by atoms with Crippen molar-refractivity contribution in [2.24, 2.45) is 0 Å². The van der Waals surface area contributed by atoms with Gasteiger partial charge in [0.05, 0.1) is 11.8 Å². The van der Waals surface area contributed by atoms with Crippen LogP contribution in [0.2, 0.25) is 0 Å². The molecule has 0 aliphatic heterocycles. The van der Waals surface area contributed by atoms with Crippen molar-refractivity contribution in [1.29, 1.82) is 0 Å². The molecule has 5 nitrogen and oxygen atoms in total. The summed E-state index contributed by atoms with van der Waals surface area (Å²) in [5.74, 6) is -3.01. The van der Waals surface area contributed by atoms with Gasteiger partial charge in [-0.25, -0.2) is 9.37 Å². The third-order valence-electron chi connectivity index (χ3n) is 2.16. The van der Waals surface area contributed by atoms with Crippen LogP contribution in [0.3, 0.4) is 0 Å². The van der Waals surface area contributed by atoms with E-state index in [0.717, 1.165) is 12.3 Å². The van der Waals surface area contributed by atoms with Crippen molar-refractivity contribution >= 4 is 11.7 Å². The number of amides is 1. The van der Waals surface area contributed by atoms with Gasteiger partial charge in [0, 0.05) is 11.8 Å². The van der Waals surface area contributed by atoms with Gasteiger partial charge in [-0.15, -0.1) is 0 Å². The molecule has 1 amide bonds. The summed E-state index contributed by atoms with van der Waals surface area (Å²) >= 11 is 0. The molecule has 0 radical (unpaired) electrons. The van der Waals surface area contributed by atoms with E-state index in [0.29, 0.717) is 11.4 Å². The smallest absolute Gasteiger partial charge is 0.260 e. The van der Waals surface area contributed by atoms with E-state index < -0.39 is 23.2 Å². The first kappa shape index (κ1) is 11.2. The number of carbonyl (C=O) groups excluding carboxylic acids is 1. The fourth-order valence-electron chi connectivity index (χ4n) is 1.25. The number of H-pyrrole nitrogens is 1. The number of halogens is 2. The largest absolute Gasteiger partial charge is 0.307 e. The van der Waals surface area contributed by atoms with Crippen molar-refractivity contribution < 1.29 is 13.6 Å². The number of carbonyl (C=O) groups is 1. The molecule has 0 saturated carbocycles. The van der Waals surface area contributed by atoms with Crippen LogP contribution in [0.15, 0.2) is 18.5 Å². The molecule has 0 bridgehead atoms. The number of aryl methyl sites for hydroxylation is 1. The summed E-state index contributed by atoms with van der Waals surface area (Å²) < 4.78 is 26.1. The number of aromatic amines is 1. The van der Waals surface area contributed by atoms with E-state index in [2.05, 4.69) is 20.5 Å². The molecule has 2 heterocycles. The molecule has 0 fully saturated rings. The van der Waals surface area contributed by atoms with Crippen molar-refractivity contribution in [3.05, 3.63) is 41.4 Å². The highest BCUT2D eigenvalue weighted by atomic mass is 19.2. The summed E-state index contributed by atoms with van der Waals surface area (Å²) in [6.45, 7) is 1.71. The Morgan fingerprint density at radius 3 is 2.88 bits per heavy atom. The lowest BCUT2D eigenvalue weighted by atomic mass is 10.2. The topological polar surface area (TPSA) is 70.7 Å². The standard InChI is InChI=1S/C10H8F2N4O/c1-5-4-14-16-9(5)15-10(17)6-2-3-13-8(12)7(6)11/h2-4H,1H3,(H2,14,15,16,17). The normalized spacial score (nSPS) is 10.3. The van der Waals surface area contributed by atoms with Crippen LogP contribution < -0.4 is 5.32 Å². The average Bonchev–Trinajstić information content (AvgIpc) is 2.68. The fourth-order valence-corrected chi connectivity index (χ4v) is 1.25. The Bertz CT molecular complexity index is 567. The van der Waals surface area contributed by atoms with Crippen molar-refractivity contribution in [2.45, 2.75) is 6.92 Å². The Balaban J connectivity index is 2.27. The Morgan fingerprint density at radius 1 is 1.47 bits per heavy atom. The SMILES string of the molecule is Cc1cn[nH]c1NC(=O)c1ccnc(F)c1F. The van der Waals surface area contributed by atoms with Crippen LogP contribution in [0.4, 0.5) is 14.6 Å². The minimum Gasteiger partial charge on any atom is -0.307 e. The van der Waals surface area contributed by atoms with Gasteiger partial charge in [0.15, 0.2) is 5.82 Å². The predicted octanol–water partition coefficient (Wildman–Crippen LogP) is 1.64. The minimum absolute atomic E-state index is 0.339. The summed E-state index contributed by atoms with van der Waals surface area (Å²) in [6, 6.07) is 1.10. The molecule has 0 aliphatic rings. The number of hydrogen-bond donors (Lipinski definition) is 2. The van der Waals surface area contributed by atoms with Crippen molar-refractivity contribution in [3.8, 4) is 0 Å². The molecule has 2 aromatic heterocycles. The van der Waals surface area contributed by atoms with Crippen molar-refractivity contribution in [3.63, 3.8) is 0 Å². The molecule has 7 heteroatoms.